The smallest absolute Gasteiger partial charge is 0.410 e. The Morgan fingerprint density at radius 2 is 1.88 bits per heavy atom. The van der Waals surface area contributed by atoms with Crippen molar-refractivity contribution >= 4 is 12.1 Å². The maximum Gasteiger partial charge on any atom is 0.410 e. The minimum Gasteiger partial charge on any atom is -0.469 e. The molecule has 0 aromatic heterocycles. The van der Waals surface area contributed by atoms with E-state index in [1.54, 1.807) is 20.8 Å². The number of piperidine rings is 1. The molecule has 2 atom stereocenters. The maximum absolute atomic E-state index is 13.6. The zero-order chi connectivity index (χ0) is 18.8. The van der Waals surface area contributed by atoms with E-state index >= 15 is 0 Å². The van der Waals surface area contributed by atoms with Crippen molar-refractivity contribution in [3.63, 3.8) is 0 Å². The molecule has 1 heterocycles. The van der Waals surface area contributed by atoms with Crippen LogP contribution in [0.4, 0.5) is 13.6 Å². The van der Waals surface area contributed by atoms with Crippen LogP contribution >= 0.6 is 0 Å². The summed E-state index contributed by atoms with van der Waals surface area (Å²) in [5.74, 6) is -3.41. The van der Waals surface area contributed by atoms with Crippen molar-refractivity contribution in [3.05, 3.63) is 35.4 Å². The zero-order valence-electron chi connectivity index (χ0n) is 14.8. The predicted molar refractivity (Wildman–Crippen MR) is 87.0 cm³/mol. The largest absolute Gasteiger partial charge is 0.469 e. The van der Waals surface area contributed by atoms with Crippen LogP contribution in [0, 0.1) is 17.6 Å². The van der Waals surface area contributed by atoms with Crippen LogP contribution < -0.4 is 0 Å². The van der Waals surface area contributed by atoms with Crippen molar-refractivity contribution in [1.29, 1.82) is 0 Å². The third-order valence-electron chi connectivity index (χ3n) is 4.14. The number of carbonyl (C=O) groups excluding carboxylic acids is 2. The zero-order valence-corrected chi connectivity index (χ0v) is 14.8. The summed E-state index contributed by atoms with van der Waals surface area (Å²) >= 11 is 0. The van der Waals surface area contributed by atoms with Crippen LogP contribution in [-0.2, 0) is 14.3 Å². The molecular formula is C18H23F2NO4. The van der Waals surface area contributed by atoms with Crippen LogP contribution in [0.5, 0.6) is 0 Å². The van der Waals surface area contributed by atoms with Gasteiger partial charge in [-0.1, -0.05) is 6.07 Å². The lowest BCUT2D eigenvalue weighted by Crippen LogP contribution is -2.46. The van der Waals surface area contributed by atoms with Crippen molar-refractivity contribution in [2.75, 3.05) is 20.2 Å². The second-order valence-electron chi connectivity index (χ2n) is 7.12. The number of halogens is 2. The van der Waals surface area contributed by atoms with Crippen LogP contribution in [0.1, 0.15) is 38.7 Å². The SMILES string of the molecule is COC(=O)C1CCN(C(=O)OC(C)(C)C)C[C@@H]1c1ccc(F)c(F)c1. The normalized spacial score (nSPS) is 21.0. The Labute approximate surface area is 145 Å². The summed E-state index contributed by atoms with van der Waals surface area (Å²) < 4.78 is 37.0. The number of likely N-dealkylation sites (tertiary alicyclic amines) is 1. The van der Waals surface area contributed by atoms with Gasteiger partial charge < -0.3 is 14.4 Å². The number of amides is 1. The van der Waals surface area contributed by atoms with Gasteiger partial charge in [0.2, 0.25) is 0 Å². The molecular weight excluding hydrogens is 332 g/mol. The summed E-state index contributed by atoms with van der Waals surface area (Å²) in [5.41, 5.74) is -0.198. The average Bonchev–Trinajstić information content (AvgIpc) is 2.54. The molecule has 1 unspecified atom stereocenters. The molecule has 138 valence electrons. The number of ether oxygens (including phenoxy) is 2. The first-order valence-electron chi connectivity index (χ1n) is 8.13. The lowest BCUT2D eigenvalue weighted by atomic mass is 9.80. The molecule has 7 heteroatoms. The summed E-state index contributed by atoms with van der Waals surface area (Å²) in [7, 11) is 1.28. The Bertz CT molecular complexity index is 657. The Hall–Kier alpha value is -2.18. The second kappa shape index (κ2) is 7.37. The van der Waals surface area contributed by atoms with Gasteiger partial charge in [-0.3, -0.25) is 4.79 Å². The molecule has 1 saturated heterocycles. The second-order valence-corrected chi connectivity index (χ2v) is 7.12. The number of methoxy groups -OCH3 is 1. The van der Waals surface area contributed by atoms with Gasteiger partial charge in [-0.25, -0.2) is 13.6 Å². The number of esters is 1. The molecule has 25 heavy (non-hydrogen) atoms. The van der Waals surface area contributed by atoms with Crippen LogP contribution in [0.15, 0.2) is 18.2 Å². The van der Waals surface area contributed by atoms with E-state index in [0.717, 1.165) is 12.1 Å². The Kier molecular flexibility index (Phi) is 5.65. The highest BCUT2D eigenvalue weighted by molar-refractivity contribution is 5.75. The lowest BCUT2D eigenvalue weighted by Gasteiger charge is -2.38. The number of hydrogen-bond donors (Lipinski definition) is 0. The van der Waals surface area contributed by atoms with Crippen LogP contribution in [0.2, 0.25) is 0 Å². The minimum absolute atomic E-state index is 0.166. The molecule has 0 saturated carbocycles. The number of hydrogen-bond acceptors (Lipinski definition) is 4. The van der Waals surface area contributed by atoms with Gasteiger partial charge in [0.15, 0.2) is 11.6 Å². The van der Waals surface area contributed by atoms with Gasteiger partial charge in [0.05, 0.1) is 13.0 Å². The highest BCUT2D eigenvalue weighted by atomic mass is 19.2. The molecule has 1 aromatic rings. The molecule has 1 aliphatic heterocycles. The molecule has 0 radical (unpaired) electrons. The molecule has 0 N–H and O–H groups in total. The molecule has 2 rings (SSSR count). The lowest BCUT2D eigenvalue weighted by molar-refractivity contribution is -0.147. The van der Waals surface area contributed by atoms with Crippen molar-refractivity contribution < 1.29 is 27.8 Å². The van der Waals surface area contributed by atoms with E-state index in [1.807, 2.05) is 0 Å². The van der Waals surface area contributed by atoms with Gasteiger partial charge >= 0.3 is 12.1 Å². The number of benzene rings is 1. The van der Waals surface area contributed by atoms with Crippen LogP contribution in [-0.4, -0.2) is 42.8 Å². The molecule has 1 aliphatic rings. The standard InChI is InChI=1S/C18H23F2NO4/c1-18(2,3)25-17(23)21-8-7-12(16(22)24-4)13(10-21)11-5-6-14(19)15(20)9-11/h5-6,9,12-13H,7-8,10H2,1-4H3/t12?,13-/m1/s1. The van der Waals surface area contributed by atoms with E-state index in [-0.39, 0.29) is 6.54 Å². The van der Waals surface area contributed by atoms with E-state index < -0.39 is 41.1 Å². The summed E-state index contributed by atoms with van der Waals surface area (Å²) in [6.45, 7) is 5.78. The van der Waals surface area contributed by atoms with E-state index in [2.05, 4.69) is 0 Å². The van der Waals surface area contributed by atoms with Crippen LogP contribution in [0.25, 0.3) is 0 Å². The average molecular weight is 355 g/mol. The first-order chi connectivity index (χ1) is 11.6. The highest BCUT2D eigenvalue weighted by Gasteiger charge is 2.38. The monoisotopic (exact) mass is 355 g/mol. The van der Waals surface area contributed by atoms with Crippen molar-refractivity contribution in [3.8, 4) is 0 Å². The molecule has 5 nitrogen and oxygen atoms in total. The Morgan fingerprint density at radius 1 is 1.20 bits per heavy atom. The Balaban J connectivity index is 2.27. The van der Waals surface area contributed by atoms with E-state index in [9.17, 15) is 18.4 Å². The molecule has 1 fully saturated rings. The molecule has 1 aromatic carbocycles. The van der Waals surface area contributed by atoms with E-state index in [4.69, 9.17) is 9.47 Å². The third kappa shape index (κ3) is 4.67. The third-order valence-corrected chi connectivity index (χ3v) is 4.14. The summed E-state index contributed by atoms with van der Waals surface area (Å²) in [4.78, 5) is 25.9. The van der Waals surface area contributed by atoms with E-state index in [0.29, 0.717) is 18.5 Å². The van der Waals surface area contributed by atoms with E-state index in [1.165, 1.54) is 18.1 Å². The van der Waals surface area contributed by atoms with Crippen molar-refractivity contribution in [2.45, 2.75) is 38.7 Å². The quantitative estimate of drug-likeness (QED) is 0.762. The topological polar surface area (TPSA) is 55.8 Å². The number of nitrogens with zero attached hydrogens (tertiary/aromatic N) is 1. The first-order valence-corrected chi connectivity index (χ1v) is 8.13. The van der Waals surface area contributed by atoms with Gasteiger partial charge in [0, 0.05) is 19.0 Å². The van der Waals surface area contributed by atoms with Crippen molar-refractivity contribution in [2.24, 2.45) is 5.92 Å². The highest BCUT2D eigenvalue weighted by Crippen LogP contribution is 2.34. The fourth-order valence-corrected chi connectivity index (χ4v) is 2.96. The number of carbonyl (C=O) groups is 2. The van der Waals surface area contributed by atoms with Gasteiger partial charge in [-0.2, -0.15) is 0 Å². The molecule has 1 amide bonds. The minimum atomic E-state index is -0.990. The maximum atomic E-state index is 13.6. The Morgan fingerprint density at radius 3 is 2.44 bits per heavy atom. The summed E-state index contributed by atoms with van der Waals surface area (Å²) in [6.07, 6.45) is -0.140. The fraction of sp³-hybridized carbons (Fsp3) is 0.556. The molecule has 0 aliphatic carbocycles. The fourth-order valence-electron chi connectivity index (χ4n) is 2.96. The molecule has 0 spiro atoms. The predicted octanol–water partition coefficient (Wildman–Crippen LogP) is 3.48. The van der Waals surface area contributed by atoms with Gasteiger partial charge in [-0.15, -0.1) is 0 Å². The summed E-state index contributed by atoms with van der Waals surface area (Å²) in [5, 5.41) is 0. The van der Waals surface area contributed by atoms with Gasteiger partial charge in [-0.05, 0) is 44.9 Å². The van der Waals surface area contributed by atoms with Gasteiger partial charge in [0.25, 0.3) is 0 Å². The van der Waals surface area contributed by atoms with Gasteiger partial charge in [0.1, 0.15) is 5.60 Å². The van der Waals surface area contributed by atoms with Crippen LogP contribution in [0.3, 0.4) is 0 Å². The number of rotatable bonds is 2. The van der Waals surface area contributed by atoms with Crippen molar-refractivity contribution in [1.82, 2.24) is 4.90 Å². The summed E-state index contributed by atoms with van der Waals surface area (Å²) in [6, 6.07) is 3.51. The molecule has 0 bridgehead atoms. The first kappa shape index (κ1) is 19.1.